The highest BCUT2D eigenvalue weighted by Gasteiger charge is 2.23. The van der Waals surface area contributed by atoms with Gasteiger partial charge in [-0.2, -0.15) is 0 Å². The Balaban J connectivity index is 0.908. The molecule has 1 atom stereocenters. The van der Waals surface area contributed by atoms with Crippen LogP contribution in [0, 0.1) is 0 Å². The number of benzene rings is 9. The third-order valence-electron chi connectivity index (χ3n) is 12.8. The number of fused-ring (bicyclic) bond motifs is 7. The number of amidine groups is 2. The van der Waals surface area contributed by atoms with Crippen LogP contribution in [-0.2, 0) is 0 Å². The topological polar surface area (TPSA) is 85.3 Å². The Morgan fingerprint density at radius 2 is 0.735 bits per heavy atom. The second-order valence-electron chi connectivity index (χ2n) is 16.9. The lowest BCUT2D eigenvalue weighted by atomic mass is 10.1. The van der Waals surface area contributed by atoms with Crippen molar-refractivity contribution in [2.75, 3.05) is 0 Å². The van der Waals surface area contributed by atoms with Gasteiger partial charge in [-0.15, -0.1) is 0 Å². The molecular weight excluding hydrogens is 833 g/mol. The van der Waals surface area contributed by atoms with Crippen LogP contribution < -0.4 is 5.32 Å². The maximum Gasteiger partial charge on any atom is 0.164 e. The molecule has 13 rings (SSSR count). The van der Waals surface area contributed by atoms with Gasteiger partial charge in [-0.1, -0.05) is 158 Å². The molecule has 0 saturated heterocycles. The van der Waals surface area contributed by atoms with Gasteiger partial charge < -0.3 is 14.5 Å². The van der Waals surface area contributed by atoms with Gasteiger partial charge >= 0.3 is 0 Å². The number of para-hydroxylation sites is 2. The van der Waals surface area contributed by atoms with Crippen molar-refractivity contribution in [3.63, 3.8) is 0 Å². The minimum absolute atomic E-state index is 0.268. The van der Waals surface area contributed by atoms with E-state index < -0.39 is 0 Å². The molecule has 1 aliphatic rings. The zero-order valence-corrected chi connectivity index (χ0v) is 36.6. The van der Waals surface area contributed by atoms with E-state index in [-0.39, 0.29) is 6.17 Å². The Bertz CT molecular complexity index is 3840. The number of aliphatic imine (C=N–C) groups is 2. The fraction of sp³-hybridized carbons (Fsp3) is 0.0167. The standard InChI is InChI=1S/C60H40N8/c1-5-17-39(18-6-1)55-61-56(40-19-7-2-8-20-40)64-59(63-55)43-29-33-45(34-30-43)67-49-27-15-13-25-47(49)53-51(67)37-38-52-54(53)48-26-14-16-28-50(48)68(52)46-35-31-44(32-36-46)60-65-57(41-21-9-3-10-22-41)62-58(66-60)42-23-11-4-12-24-42/h1-38,55H,(H,61,63,64). The molecule has 0 saturated carbocycles. The molecule has 1 unspecified atom stereocenters. The van der Waals surface area contributed by atoms with Crippen molar-refractivity contribution in [3.8, 4) is 45.5 Å². The smallest absolute Gasteiger partial charge is 0.164 e. The van der Waals surface area contributed by atoms with Gasteiger partial charge in [-0.25, -0.2) is 24.9 Å². The average Bonchev–Trinajstić information content (AvgIpc) is 3.94. The van der Waals surface area contributed by atoms with Crippen molar-refractivity contribution in [1.29, 1.82) is 0 Å². The number of hydrogen-bond donors (Lipinski definition) is 1. The third-order valence-corrected chi connectivity index (χ3v) is 12.8. The molecule has 0 aliphatic carbocycles. The molecular formula is C60H40N8. The zero-order valence-electron chi connectivity index (χ0n) is 36.6. The second-order valence-corrected chi connectivity index (χ2v) is 16.9. The highest BCUT2D eigenvalue weighted by atomic mass is 15.2. The maximum absolute atomic E-state index is 5.07. The van der Waals surface area contributed by atoms with E-state index in [0.717, 1.165) is 72.7 Å². The molecule has 1 N–H and O–H groups in total. The van der Waals surface area contributed by atoms with Crippen molar-refractivity contribution in [3.05, 3.63) is 247 Å². The maximum atomic E-state index is 5.07. The molecule has 12 aromatic rings. The van der Waals surface area contributed by atoms with Crippen molar-refractivity contribution in [1.82, 2.24) is 29.4 Å². The summed E-state index contributed by atoms with van der Waals surface area (Å²) in [4.78, 5) is 25.0. The number of rotatable bonds is 8. The summed E-state index contributed by atoms with van der Waals surface area (Å²) in [5.41, 5.74) is 12.5. The predicted octanol–water partition coefficient (Wildman–Crippen LogP) is 13.6. The van der Waals surface area contributed by atoms with Gasteiger partial charge in [0.15, 0.2) is 23.3 Å². The highest BCUT2D eigenvalue weighted by Crippen LogP contribution is 2.42. The Hall–Kier alpha value is -9.27. The van der Waals surface area contributed by atoms with Crippen LogP contribution in [-0.4, -0.2) is 35.8 Å². The first-order chi connectivity index (χ1) is 33.7. The lowest BCUT2D eigenvalue weighted by Gasteiger charge is -2.23. The van der Waals surface area contributed by atoms with Gasteiger partial charge in [0.1, 0.15) is 12.0 Å². The summed E-state index contributed by atoms with van der Waals surface area (Å²) in [6.45, 7) is 0. The number of hydrogen-bond acceptors (Lipinski definition) is 6. The van der Waals surface area contributed by atoms with E-state index in [9.17, 15) is 0 Å². The van der Waals surface area contributed by atoms with E-state index in [1.54, 1.807) is 0 Å². The summed E-state index contributed by atoms with van der Waals surface area (Å²) < 4.78 is 4.76. The molecule has 8 heteroatoms. The van der Waals surface area contributed by atoms with Gasteiger partial charge in [-0.05, 0) is 78.4 Å². The van der Waals surface area contributed by atoms with Gasteiger partial charge in [0, 0.05) is 60.7 Å². The zero-order chi connectivity index (χ0) is 45.0. The third kappa shape index (κ3) is 6.74. The number of nitrogens with zero attached hydrogens (tertiary/aromatic N) is 7. The van der Waals surface area contributed by atoms with E-state index in [0.29, 0.717) is 23.3 Å². The monoisotopic (exact) mass is 872 g/mol. The first kappa shape index (κ1) is 39.1. The van der Waals surface area contributed by atoms with Crippen LogP contribution in [0.4, 0.5) is 0 Å². The van der Waals surface area contributed by atoms with E-state index in [1.807, 2.05) is 97.1 Å². The van der Waals surface area contributed by atoms with Crippen LogP contribution in [0.15, 0.2) is 241 Å². The van der Waals surface area contributed by atoms with E-state index in [4.69, 9.17) is 24.9 Å². The fourth-order valence-electron chi connectivity index (χ4n) is 9.66. The lowest BCUT2D eigenvalue weighted by molar-refractivity contribution is 0.674. The normalized spacial score (nSPS) is 13.7. The molecule has 0 spiro atoms. The number of aromatic nitrogens is 5. The van der Waals surface area contributed by atoms with Crippen LogP contribution >= 0.6 is 0 Å². The highest BCUT2D eigenvalue weighted by molar-refractivity contribution is 6.29. The molecule has 0 fully saturated rings. The molecule has 0 amide bonds. The summed E-state index contributed by atoms with van der Waals surface area (Å²) in [5, 5.41) is 8.44. The minimum atomic E-state index is -0.268. The Labute approximate surface area is 391 Å². The van der Waals surface area contributed by atoms with E-state index >= 15 is 0 Å². The first-order valence-electron chi connectivity index (χ1n) is 22.8. The van der Waals surface area contributed by atoms with Crippen LogP contribution in [0.25, 0.3) is 89.2 Å². The van der Waals surface area contributed by atoms with Crippen LogP contribution in [0.1, 0.15) is 22.9 Å². The van der Waals surface area contributed by atoms with Crippen molar-refractivity contribution in [2.45, 2.75) is 6.17 Å². The Morgan fingerprint density at radius 1 is 0.338 bits per heavy atom. The molecule has 0 bridgehead atoms. The minimum Gasteiger partial charge on any atom is -0.344 e. The summed E-state index contributed by atoms with van der Waals surface area (Å²) in [5.74, 6) is 3.39. The van der Waals surface area contributed by atoms with E-state index in [1.165, 1.54) is 21.5 Å². The molecule has 0 radical (unpaired) electrons. The molecule has 3 aromatic heterocycles. The number of nitrogens with one attached hydrogen (secondary N) is 1. The Kier molecular flexibility index (Phi) is 9.38. The fourth-order valence-corrected chi connectivity index (χ4v) is 9.66. The average molecular weight is 873 g/mol. The van der Waals surface area contributed by atoms with E-state index in [2.05, 4.69) is 148 Å². The van der Waals surface area contributed by atoms with Crippen LogP contribution in [0.5, 0.6) is 0 Å². The molecule has 8 nitrogen and oxygen atoms in total. The van der Waals surface area contributed by atoms with Gasteiger partial charge in [0.2, 0.25) is 0 Å². The Morgan fingerprint density at radius 3 is 1.22 bits per heavy atom. The molecule has 1 aliphatic heterocycles. The summed E-state index contributed by atoms with van der Waals surface area (Å²) in [7, 11) is 0. The second kappa shape index (κ2) is 16.3. The van der Waals surface area contributed by atoms with Gasteiger partial charge in [0.05, 0.1) is 22.1 Å². The summed E-state index contributed by atoms with van der Waals surface area (Å²) >= 11 is 0. The summed E-state index contributed by atoms with van der Waals surface area (Å²) in [6.07, 6.45) is -0.268. The first-order valence-corrected chi connectivity index (χ1v) is 22.8. The quantitative estimate of drug-likeness (QED) is 0.165. The van der Waals surface area contributed by atoms with Crippen LogP contribution in [0.2, 0.25) is 0 Å². The van der Waals surface area contributed by atoms with Gasteiger partial charge in [-0.3, -0.25) is 0 Å². The molecule has 68 heavy (non-hydrogen) atoms. The van der Waals surface area contributed by atoms with Crippen LogP contribution in [0.3, 0.4) is 0 Å². The SMILES string of the molecule is c1ccc(C2=NC(c3ccccc3)NC(c3ccc(-n4c5ccccc5c5c6c7ccccc7n(-c7ccc(-c8nc(-c9ccccc9)nc(-c9ccccc9)n8)cc7)c6ccc54)cc3)=N2)cc1. The summed E-state index contributed by atoms with van der Waals surface area (Å²) in [6, 6.07) is 80.0. The van der Waals surface area contributed by atoms with Crippen molar-refractivity contribution in [2.24, 2.45) is 9.98 Å². The molecule has 9 aromatic carbocycles. The molecule has 4 heterocycles. The predicted molar refractivity (Wildman–Crippen MR) is 277 cm³/mol. The van der Waals surface area contributed by atoms with Crippen molar-refractivity contribution < 1.29 is 0 Å². The van der Waals surface area contributed by atoms with Crippen molar-refractivity contribution >= 4 is 55.3 Å². The van der Waals surface area contributed by atoms with Gasteiger partial charge in [0.25, 0.3) is 0 Å². The molecule has 320 valence electrons. The largest absolute Gasteiger partial charge is 0.344 e. The lowest BCUT2D eigenvalue weighted by Crippen LogP contribution is -2.33.